The Morgan fingerprint density at radius 1 is 1.12 bits per heavy atom. The number of hydrogen-bond donors (Lipinski definition) is 0. The molecule has 3 aromatic rings. The molecule has 0 spiro atoms. The van der Waals surface area contributed by atoms with Crippen molar-refractivity contribution >= 4 is 27.5 Å². The number of hydrogen-bond acceptors (Lipinski definition) is 5. The molecule has 0 atom stereocenters. The quantitative estimate of drug-likeness (QED) is 0.539. The van der Waals surface area contributed by atoms with Crippen LogP contribution in [0.2, 0.25) is 5.02 Å². The molecule has 0 saturated heterocycles. The fourth-order valence-electron chi connectivity index (χ4n) is 2.17. The van der Waals surface area contributed by atoms with Gasteiger partial charge in [-0.25, -0.2) is 0 Å². The van der Waals surface area contributed by atoms with Gasteiger partial charge >= 0.3 is 6.61 Å². The Morgan fingerprint density at radius 3 is 2.60 bits per heavy atom. The normalized spacial score (nSPS) is 11.0. The van der Waals surface area contributed by atoms with Crippen molar-refractivity contribution in [3.63, 3.8) is 0 Å². The number of ether oxygens (including phenoxy) is 2. The highest BCUT2D eigenvalue weighted by Gasteiger charge is 2.19. The van der Waals surface area contributed by atoms with Crippen LogP contribution in [-0.2, 0) is 0 Å². The maximum absolute atomic E-state index is 12.6. The topological polar surface area (TPSA) is 57.4 Å². The van der Waals surface area contributed by atoms with Crippen LogP contribution in [0.1, 0.15) is 0 Å². The van der Waals surface area contributed by atoms with E-state index in [2.05, 4.69) is 30.8 Å². The van der Waals surface area contributed by atoms with Crippen molar-refractivity contribution in [2.24, 2.45) is 0 Å². The van der Waals surface area contributed by atoms with Crippen LogP contribution >= 0.6 is 27.5 Å². The van der Waals surface area contributed by atoms with Gasteiger partial charge in [0.25, 0.3) is 5.89 Å². The monoisotopic (exact) mass is 430 g/mol. The Morgan fingerprint density at radius 2 is 1.88 bits per heavy atom. The van der Waals surface area contributed by atoms with E-state index in [1.54, 1.807) is 30.3 Å². The molecule has 5 nitrogen and oxygen atoms in total. The molecule has 1 aromatic heterocycles. The molecule has 25 heavy (non-hydrogen) atoms. The van der Waals surface area contributed by atoms with Gasteiger partial charge < -0.3 is 14.0 Å². The van der Waals surface area contributed by atoms with Gasteiger partial charge in [0.05, 0.1) is 18.2 Å². The fraction of sp³-hybridized carbons (Fsp3) is 0.125. The van der Waals surface area contributed by atoms with Crippen molar-refractivity contribution in [2.75, 3.05) is 7.11 Å². The summed E-state index contributed by atoms with van der Waals surface area (Å²) < 4.78 is 40.8. The fourth-order valence-corrected chi connectivity index (χ4v) is 2.70. The van der Waals surface area contributed by atoms with Crippen molar-refractivity contribution < 1.29 is 22.8 Å². The molecule has 0 N–H and O–H groups in total. The molecule has 3 rings (SSSR count). The van der Waals surface area contributed by atoms with E-state index in [1.807, 2.05) is 0 Å². The third kappa shape index (κ3) is 3.91. The van der Waals surface area contributed by atoms with Crippen LogP contribution < -0.4 is 9.47 Å². The lowest BCUT2D eigenvalue weighted by molar-refractivity contribution is -0.0495. The molecule has 0 amide bonds. The minimum atomic E-state index is -2.98. The summed E-state index contributed by atoms with van der Waals surface area (Å²) in [6.45, 7) is -2.98. The Bertz CT molecular complexity index is 905. The molecule has 1 heterocycles. The minimum Gasteiger partial charge on any atom is -0.496 e. The van der Waals surface area contributed by atoms with Gasteiger partial charge in [0, 0.05) is 9.50 Å². The Labute approximate surface area is 154 Å². The Balaban J connectivity index is 2.06. The van der Waals surface area contributed by atoms with E-state index >= 15 is 0 Å². The first kappa shape index (κ1) is 17.6. The molecule has 0 aliphatic carbocycles. The van der Waals surface area contributed by atoms with Gasteiger partial charge in [-0.05, 0) is 36.4 Å². The lowest BCUT2D eigenvalue weighted by atomic mass is 10.2. The molecule has 0 saturated carbocycles. The van der Waals surface area contributed by atoms with Gasteiger partial charge in [-0.2, -0.15) is 13.8 Å². The van der Waals surface area contributed by atoms with E-state index in [9.17, 15) is 8.78 Å². The molecule has 0 aliphatic heterocycles. The number of rotatable bonds is 5. The molecular formula is C16H10BrClF2N2O3. The first-order valence-corrected chi connectivity index (χ1v) is 8.07. The Hall–Kier alpha value is -2.19. The molecule has 0 fully saturated rings. The van der Waals surface area contributed by atoms with Crippen LogP contribution in [0.5, 0.6) is 11.5 Å². The minimum absolute atomic E-state index is 0.0222. The van der Waals surface area contributed by atoms with Crippen LogP contribution in [0.25, 0.3) is 22.8 Å². The second kappa shape index (κ2) is 7.37. The standard InChI is InChI=1S/C16H10BrClF2N2O3/c1-23-12-5-3-9(18)7-10(12)14-21-15(25-22-14)11-6-8(17)2-4-13(11)24-16(19)20/h2-7,16H,1H3. The third-order valence-electron chi connectivity index (χ3n) is 3.22. The van der Waals surface area contributed by atoms with Gasteiger partial charge in [0.15, 0.2) is 0 Å². The van der Waals surface area contributed by atoms with E-state index < -0.39 is 6.61 Å². The average molecular weight is 432 g/mol. The first-order chi connectivity index (χ1) is 12.0. The Kier molecular flexibility index (Phi) is 5.19. The lowest BCUT2D eigenvalue weighted by Crippen LogP contribution is -2.03. The summed E-state index contributed by atoms with van der Waals surface area (Å²) in [5.41, 5.74) is 0.741. The van der Waals surface area contributed by atoms with Crippen molar-refractivity contribution in [1.29, 1.82) is 0 Å². The van der Waals surface area contributed by atoms with Crippen LogP contribution in [-0.4, -0.2) is 23.9 Å². The van der Waals surface area contributed by atoms with Gasteiger partial charge in [0.2, 0.25) is 5.82 Å². The maximum atomic E-state index is 12.6. The second-order valence-electron chi connectivity index (χ2n) is 4.79. The van der Waals surface area contributed by atoms with Gasteiger partial charge in [-0.3, -0.25) is 0 Å². The summed E-state index contributed by atoms with van der Waals surface area (Å²) in [5, 5.41) is 4.34. The smallest absolute Gasteiger partial charge is 0.387 e. The van der Waals surface area contributed by atoms with Crippen LogP contribution in [0, 0.1) is 0 Å². The van der Waals surface area contributed by atoms with E-state index in [-0.39, 0.29) is 23.0 Å². The zero-order valence-electron chi connectivity index (χ0n) is 12.7. The zero-order valence-corrected chi connectivity index (χ0v) is 15.0. The van der Waals surface area contributed by atoms with Gasteiger partial charge in [-0.15, -0.1) is 0 Å². The SMILES string of the molecule is COc1ccc(Cl)cc1-c1noc(-c2cc(Br)ccc2OC(F)F)n1. The molecule has 0 bridgehead atoms. The highest BCUT2D eigenvalue weighted by Crippen LogP contribution is 2.36. The molecule has 9 heteroatoms. The summed E-state index contributed by atoms with van der Waals surface area (Å²) in [5.74, 6) is 0.646. The molecule has 0 aliphatic rings. The predicted octanol–water partition coefficient (Wildman–Crippen LogP) is 5.43. The molecule has 130 valence electrons. The number of benzene rings is 2. The highest BCUT2D eigenvalue weighted by atomic mass is 79.9. The summed E-state index contributed by atoms with van der Waals surface area (Å²) in [6.07, 6.45) is 0. The number of methoxy groups -OCH3 is 1. The molecule has 2 aromatic carbocycles. The van der Waals surface area contributed by atoms with E-state index in [4.69, 9.17) is 20.9 Å². The van der Waals surface area contributed by atoms with Gasteiger partial charge in [0.1, 0.15) is 11.5 Å². The van der Waals surface area contributed by atoms with Crippen LogP contribution in [0.4, 0.5) is 8.78 Å². The maximum Gasteiger partial charge on any atom is 0.387 e. The molecule has 0 unspecified atom stereocenters. The summed E-state index contributed by atoms with van der Waals surface area (Å²) in [6, 6.07) is 9.44. The van der Waals surface area contributed by atoms with Gasteiger partial charge in [-0.1, -0.05) is 32.7 Å². The summed E-state index contributed by atoms with van der Waals surface area (Å²) in [4.78, 5) is 4.25. The number of halogens is 4. The van der Waals surface area contributed by atoms with Crippen molar-refractivity contribution in [3.05, 3.63) is 45.9 Å². The molecule has 0 radical (unpaired) electrons. The first-order valence-electron chi connectivity index (χ1n) is 6.90. The predicted molar refractivity (Wildman–Crippen MR) is 91.1 cm³/mol. The van der Waals surface area contributed by atoms with Crippen LogP contribution in [0.3, 0.4) is 0 Å². The third-order valence-corrected chi connectivity index (χ3v) is 3.94. The van der Waals surface area contributed by atoms with Crippen molar-refractivity contribution in [2.45, 2.75) is 6.61 Å². The number of aromatic nitrogens is 2. The summed E-state index contributed by atoms with van der Waals surface area (Å²) >= 11 is 9.27. The number of nitrogens with zero attached hydrogens (tertiary/aromatic N) is 2. The average Bonchev–Trinajstić information content (AvgIpc) is 3.05. The van der Waals surface area contributed by atoms with Crippen LogP contribution in [0.15, 0.2) is 45.4 Å². The second-order valence-corrected chi connectivity index (χ2v) is 6.14. The van der Waals surface area contributed by atoms with E-state index in [1.165, 1.54) is 13.2 Å². The van der Waals surface area contributed by atoms with Crippen molar-refractivity contribution in [3.8, 4) is 34.3 Å². The summed E-state index contributed by atoms with van der Waals surface area (Å²) in [7, 11) is 1.50. The lowest BCUT2D eigenvalue weighted by Gasteiger charge is -2.08. The van der Waals surface area contributed by atoms with Crippen molar-refractivity contribution in [1.82, 2.24) is 10.1 Å². The largest absolute Gasteiger partial charge is 0.496 e. The number of alkyl halides is 2. The van der Waals surface area contributed by atoms with E-state index in [0.717, 1.165) is 0 Å². The van der Waals surface area contributed by atoms with E-state index in [0.29, 0.717) is 20.8 Å². The molecular weight excluding hydrogens is 422 g/mol. The zero-order chi connectivity index (χ0) is 18.0. The highest BCUT2D eigenvalue weighted by molar-refractivity contribution is 9.10.